The number of aliphatic carboxylic acids is 1. The Hall–Kier alpha value is -0.650. The molecule has 0 aromatic rings. The second-order valence-electron chi connectivity index (χ2n) is 4.42. The number of carbonyl (C=O) groups is 1. The van der Waals surface area contributed by atoms with Gasteiger partial charge in [0, 0.05) is 26.7 Å². The summed E-state index contributed by atoms with van der Waals surface area (Å²) >= 11 is 0. The first-order chi connectivity index (χ1) is 7.53. The van der Waals surface area contributed by atoms with Crippen molar-refractivity contribution < 1.29 is 14.6 Å². The summed E-state index contributed by atoms with van der Waals surface area (Å²) in [5.74, 6) is -0.816. The minimum Gasteiger partial charge on any atom is -0.480 e. The van der Waals surface area contributed by atoms with Gasteiger partial charge >= 0.3 is 5.97 Å². The number of ether oxygens (including phenoxy) is 1. The Morgan fingerprint density at radius 2 is 2.19 bits per heavy atom. The molecule has 1 aliphatic rings. The molecule has 5 heteroatoms. The highest BCUT2D eigenvalue weighted by Gasteiger charge is 2.44. The van der Waals surface area contributed by atoms with Crippen LogP contribution in [-0.2, 0) is 9.53 Å². The molecular weight excluding hydrogens is 208 g/mol. The van der Waals surface area contributed by atoms with Crippen LogP contribution in [0.2, 0.25) is 0 Å². The Kier molecular flexibility index (Phi) is 4.70. The van der Waals surface area contributed by atoms with E-state index >= 15 is 0 Å². The summed E-state index contributed by atoms with van der Waals surface area (Å²) in [4.78, 5) is 13.5. The molecule has 2 atom stereocenters. The van der Waals surface area contributed by atoms with Crippen molar-refractivity contribution in [2.45, 2.75) is 31.9 Å². The monoisotopic (exact) mass is 230 g/mol. The van der Waals surface area contributed by atoms with Crippen LogP contribution in [0.1, 0.15) is 20.3 Å². The number of methoxy groups -OCH3 is 1. The lowest BCUT2D eigenvalue weighted by Crippen LogP contribution is -2.60. The van der Waals surface area contributed by atoms with Crippen LogP contribution in [0.15, 0.2) is 0 Å². The van der Waals surface area contributed by atoms with Gasteiger partial charge in [0.15, 0.2) is 0 Å². The van der Waals surface area contributed by atoms with Gasteiger partial charge in [0.2, 0.25) is 0 Å². The second-order valence-corrected chi connectivity index (χ2v) is 4.42. The Labute approximate surface area is 96.8 Å². The van der Waals surface area contributed by atoms with E-state index in [-0.39, 0.29) is 6.10 Å². The summed E-state index contributed by atoms with van der Waals surface area (Å²) in [7, 11) is 1.56. The summed E-state index contributed by atoms with van der Waals surface area (Å²) < 4.78 is 5.23. The van der Waals surface area contributed by atoms with Crippen LogP contribution in [-0.4, -0.2) is 60.9 Å². The first kappa shape index (κ1) is 13.4. The van der Waals surface area contributed by atoms with E-state index in [1.165, 1.54) is 0 Å². The van der Waals surface area contributed by atoms with Gasteiger partial charge in [-0.15, -0.1) is 0 Å². The maximum atomic E-state index is 11.5. The maximum absolute atomic E-state index is 11.5. The van der Waals surface area contributed by atoms with Crippen LogP contribution in [0.3, 0.4) is 0 Å². The second kappa shape index (κ2) is 5.61. The smallest absolute Gasteiger partial charge is 0.326 e. The van der Waals surface area contributed by atoms with Crippen molar-refractivity contribution in [3.8, 4) is 0 Å². The molecule has 1 rings (SSSR count). The average molecular weight is 230 g/mol. The average Bonchev–Trinajstić information content (AvgIpc) is 2.55. The molecule has 0 amide bonds. The van der Waals surface area contributed by atoms with Crippen molar-refractivity contribution in [3.05, 3.63) is 0 Å². The molecule has 1 fully saturated rings. The molecule has 2 unspecified atom stereocenters. The van der Waals surface area contributed by atoms with E-state index in [2.05, 4.69) is 5.32 Å². The van der Waals surface area contributed by atoms with E-state index in [4.69, 9.17) is 4.74 Å². The van der Waals surface area contributed by atoms with Gasteiger partial charge in [0.1, 0.15) is 5.54 Å². The van der Waals surface area contributed by atoms with Gasteiger partial charge in [-0.3, -0.25) is 9.69 Å². The summed E-state index contributed by atoms with van der Waals surface area (Å²) in [5.41, 5.74) is -0.944. The van der Waals surface area contributed by atoms with Crippen LogP contribution >= 0.6 is 0 Å². The van der Waals surface area contributed by atoms with Crippen molar-refractivity contribution in [1.82, 2.24) is 10.2 Å². The van der Waals surface area contributed by atoms with E-state index < -0.39 is 11.5 Å². The highest BCUT2D eigenvalue weighted by atomic mass is 16.5. The van der Waals surface area contributed by atoms with Crippen molar-refractivity contribution in [2.24, 2.45) is 0 Å². The van der Waals surface area contributed by atoms with Gasteiger partial charge < -0.3 is 15.2 Å². The fraction of sp³-hybridized carbons (Fsp3) is 0.909. The normalized spacial score (nSPS) is 24.4. The van der Waals surface area contributed by atoms with Crippen molar-refractivity contribution in [3.63, 3.8) is 0 Å². The van der Waals surface area contributed by atoms with Gasteiger partial charge in [-0.05, 0) is 26.8 Å². The standard InChI is InChI=1S/C11H22N2O3/c1-9(16-3)11(2,10(14)15)13-7-4-5-12-6-8-13/h9,12H,4-8H2,1-3H3,(H,14,15). The third kappa shape index (κ3) is 2.53. The lowest BCUT2D eigenvalue weighted by molar-refractivity contribution is -0.159. The number of carboxylic acid groups (broad SMARTS) is 1. The number of hydrogen-bond donors (Lipinski definition) is 2. The van der Waals surface area contributed by atoms with Crippen LogP contribution < -0.4 is 5.32 Å². The Morgan fingerprint density at radius 3 is 2.75 bits per heavy atom. The molecule has 0 aliphatic carbocycles. The minimum atomic E-state index is -0.944. The number of carboxylic acids is 1. The lowest BCUT2D eigenvalue weighted by Gasteiger charge is -2.40. The molecule has 1 heterocycles. The Morgan fingerprint density at radius 1 is 1.50 bits per heavy atom. The number of hydrogen-bond acceptors (Lipinski definition) is 4. The predicted octanol–water partition coefficient (Wildman–Crippen LogP) is 0.160. The fourth-order valence-electron chi connectivity index (χ4n) is 2.11. The summed E-state index contributed by atoms with van der Waals surface area (Å²) in [6.07, 6.45) is 0.641. The molecule has 0 bridgehead atoms. The third-order valence-electron chi connectivity index (χ3n) is 3.58. The number of rotatable bonds is 4. The summed E-state index contributed by atoms with van der Waals surface area (Å²) in [6.45, 7) is 6.88. The Balaban J connectivity index is 2.86. The molecule has 2 N–H and O–H groups in total. The zero-order valence-electron chi connectivity index (χ0n) is 10.3. The SMILES string of the molecule is COC(C)C(C)(C(=O)O)N1CCCNCC1. The maximum Gasteiger partial charge on any atom is 0.326 e. The summed E-state index contributed by atoms with van der Waals surface area (Å²) in [6, 6.07) is 0. The number of nitrogens with one attached hydrogen (secondary N) is 1. The zero-order chi connectivity index (χ0) is 12.2. The molecule has 1 aliphatic heterocycles. The Bertz CT molecular complexity index is 239. The molecule has 5 nitrogen and oxygen atoms in total. The molecule has 0 spiro atoms. The van der Waals surface area contributed by atoms with Gasteiger partial charge in [0.05, 0.1) is 6.10 Å². The quantitative estimate of drug-likeness (QED) is 0.720. The minimum absolute atomic E-state index is 0.330. The van der Waals surface area contributed by atoms with E-state index in [1.54, 1.807) is 14.0 Å². The van der Waals surface area contributed by atoms with E-state index in [9.17, 15) is 9.90 Å². The topological polar surface area (TPSA) is 61.8 Å². The van der Waals surface area contributed by atoms with Gasteiger partial charge in [-0.25, -0.2) is 0 Å². The van der Waals surface area contributed by atoms with E-state index in [0.29, 0.717) is 0 Å². The molecule has 16 heavy (non-hydrogen) atoms. The molecule has 94 valence electrons. The predicted molar refractivity (Wildman–Crippen MR) is 61.6 cm³/mol. The first-order valence-corrected chi connectivity index (χ1v) is 5.75. The first-order valence-electron chi connectivity index (χ1n) is 5.75. The molecular formula is C11H22N2O3. The summed E-state index contributed by atoms with van der Waals surface area (Å²) in [5, 5.41) is 12.7. The third-order valence-corrected chi connectivity index (χ3v) is 3.58. The largest absolute Gasteiger partial charge is 0.480 e. The molecule has 0 aromatic heterocycles. The van der Waals surface area contributed by atoms with E-state index in [1.807, 2.05) is 11.8 Å². The highest BCUT2D eigenvalue weighted by Crippen LogP contribution is 2.23. The molecule has 0 radical (unpaired) electrons. The van der Waals surface area contributed by atoms with Crippen LogP contribution in [0.5, 0.6) is 0 Å². The van der Waals surface area contributed by atoms with Crippen LogP contribution in [0, 0.1) is 0 Å². The number of nitrogens with zero attached hydrogens (tertiary/aromatic N) is 1. The van der Waals surface area contributed by atoms with Crippen molar-refractivity contribution in [1.29, 1.82) is 0 Å². The van der Waals surface area contributed by atoms with Crippen molar-refractivity contribution >= 4 is 5.97 Å². The van der Waals surface area contributed by atoms with Crippen LogP contribution in [0.25, 0.3) is 0 Å². The van der Waals surface area contributed by atoms with Gasteiger partial charge in [0.25, 0.3) is 0 Å². The zero-order valence-corrected chi connectivity index (χ0v) is 10.3. The lowest BCUT2D eigenvalue weighted by atomic mass is 9.93. The van der Waals surface area contributed by atoms with Gasteiger partial charge in [-0.1, -0.05) is 0 Å². The molecule has 0 saturated carbocycles. The van der Waals surface area contributed by atoms with Gasteiger partial charge in [-0.2, -0.15) is 0 Å². The van der Waals surface area contributed by atoms with Crippen LogP contribution in [0.4, 0.5) is 0 Å². The fourth-order valence-corrected chi connectivity index (χ4v) is 2.11. The molecule has 1 saturated heterocycles. The van der Waals surface area contributed by atoms with Crippen molar-refractivity contribution in [2.75, 3.05) is 33.3 Å². The van der Waals surface area contributed by atoms with E-state index in [0.717, 1.165) is 32.6 Å². The highest BCUT2D eigenvalue weighted by molar-refractivity contribution is 5.79. The molecule has 0 aromatic carbocycles.